The van der Waals surface area contributed by atoms with Crippen LogP contribution in [0, 0.1) is 11.8 Å². The Hall–Kier alpha value is 0.270. The van der Waals surface area contributed by atoms with Gasteiger partial charge in [0.2, 0.25) is 0 Å². The average Bonchev–Trinajstić information content (AvgIpc) is 2.39. The molecule has 0 aromatic rings. The maximum Gasteiger partial charge on any atom is 0.0365 e. The van der Waals surface area contributed by atoms with Gasteiger partial charge >= 0.3 is 0 Å². The van der Waals surface area contributed by atoms with E-state index in [2.05, 4.69) is 37.4 Å². The largest absolute Gasteiger partial charge is 0.329 e. The lowest BCUT2D eigenvalue weighted by Crippen LogP contribution is -2.65. The number of nitrogens with two attached hydrogens (primary N) is 1. The molecule has 1 aliphatic carbocycles. The summed E-state index contributed by atoms with van der Waals surface area (Å²) < 4.78 is 0. The summed E-state index contributed by atoms with van der Waals surface area (Å²) in [7, 11) is 0. The summed E-state index contributed by atoms with van der Waals surface area (Å²) in [6.45, 7) is 9.28. The van der Waals surface area contributed by atoms with Gasteiger partial charge in [-0.2, -0.15) is 11.8 Å². The fourth-order valence-electron chi connectivity index (χ4n) is 4.32. The van der Waals surface area contributed by atoms with Gasteiger partial charge in [-0.1, -0.05) is 26.7 Å². The van der Waals surface area contributed by atoms with Crippen molar-refractivity contribution in [3.8, 4) is 0 Å². The standard InChI is InChI=1S/C15H30N2S/c1-12(2)14-6-4-5-7-15(14,11-16)17-8-9-18-10-13(17)3/h12-14H,4-11,16H2,1-3H3. The van der Waals surface area contributed by atoms with Crippen molar-refractivity contribution in [3.05, 3.63) is 0 Å². The minimum Gasteiger partial charge on any atom is -0.329 e. The summed E-state index contributed by atoms with van der Waals surface area (Å²) in [5.74, 6) is 4.13. The molecule has 1 aliphatic heterocycles. The van der Waals surface area contributed by atoms with Crippen molar-refractivity contribution in [1.82, 2.24) is 4.90 Å². The van der Waals surface area contributed by atoms with Crippen LogP contribution < -0.4 is 5.73 Å². The molecule has 18 heavy (non-hydrogen) atoms. The van der Waals surface area contributed by atoms with Gasteiger partial charge in [0.1, 0.15) is 0 Å². The lowest BCUT2D eigenvalue weighted by molar-refractivity contribution is -0.0296. The van der Waals surface area contributed by atoms with E-state index < -0.39 is 0 Å². The Morgan fingerprint density at radius 1 is 1.39 bits per heavy atom. The van der Waals surface area contributed by atoms with Gasteiger partial charge in [-0.25, -0.2) is 0 Å². The predicted octanol–water partition coefficient (Wildman–Crippen LogP) is 2.97. The van der Waals surface area contributed by atoms with E-state index in [-0.39, 0.29) is 0 Å². The summed E-state index contributed by atoms with van der Waals surface area (Å²) in [5, 5.41) is 0. The maximum absolute atomic E-state index is 6.31. The Morgan fingerprint density at radius 3 is 2.78 bits per heavy atom. The van der Waals surface area contributed by atoms with E-state index >= 15 is 0 Å². The molecule has 3 atom stereocenters. The molecule has 3 heteroatoms. The quantitative estimate of drug-likeness (QED) is 0.855. The predicted molar refractivity (Wildman–Crippen MR) is 82.1 cm³/mol. The minimum atomic E-state index is 0.298. The van der Waals surface area contributed by atoms with E-state index in [4.69, 9.17) is 5.73 Å². The lowest BCUT2D eigenvalue weighted by atomic mass is 9.66. The Balaban J connectivity index is 2.25. The second-order valence-corrected chi connectivity index (χ2v) is 7.67. The molecule has 2 aliphatic rings. The van der Waals surface area contributed by atoms with Crippen LogP contribution in [0.2, 0.25) is 0 Å². The molecule has 1 saturated heterocycles. The monoisotopic (exact) mass is 270 g/mol. The van der Waals surface area contributed by atoms with Crippen molar-refractivity contribution < 1.29 is 0 Å². The van der Waals surface area contributed by atoms with Gasteiger partial charge in [0.05, 0.1) is 0 Å². The summed E-state index contributed by atoms with van der Waals surface area (Å²) in [4.78, 5) is 2.79. The van der Waals surface area contributed by atoms with Crippen LogP contribution in [0.5, 0.6) is 0 Å². The van der Waals surface area contributed by atoms with Crippen LogP contribution in [0.4, 0.5) is 0 Å². The van der Waals surface area contributed by atoms with E-state index in [0.717, 1.165) is 18.4 Å². The van der Waals surface area contributed by atoms with Gasteiger partial charge in [-0.3, -0.25) is 4.90 Å². The van der Waals surface area contributed by atoms with Crippen molar-refractivity contribution in [3.63, 3.8) is 0 Å². The molecule has 0 bridgehead atoms. The van der Waals surface area contributed by atoms with Crippen LogP contribution in [0.3, 0.4) is 0 Å². The van der Waals surface area contributed by atoms with Crippen LogP contribution in [0.1, 0.15) is 46.5 Å². The first-order valence-electron chi connectivity index (χ1n) is 7.66. The highest BCUT2D eigenvalue weighted by Crippen LogP contribution is 2.43. The molecule has 0 amide bonds. The lowest BCUT2D eigenvalue weighted by Gasteiger charge is -2.56. The first-order valence-corrected chi connectivity index (χ1v) is 8.82. The molecule has 2 N–H and O–H groups in total. The van der Waals surface area contributed by atoms with Crippen LogP contribution >= 0.6 is 11.8 Å². The fourth-order valence-corrected chi connectivity index (χ4v) is 5.33. The number of nitrogens with zero attached hydrogens (tertiary/aromatic N) is 1. The van der Waals surface area contributed by atoms with Gasteiger partial charge in [-0.05, 0) is 31.6 Å². The molecule has 0 spiro atoms. The summed E-state index contributed by atoms with van der Waals surface area (Å²) in [5.41, 5.74) is 6.61. The van der Waals surface area contributed by atoms with Crippen LogP contribution in [0.25, 0.3) is 0 Å². The van der Waals surface area contributed by atoms with Gasteiger partial charge < -0.3 is 5.73 Å². The first kappa shape index (κ1) is 14.7. The van der Waals surface area contributed by atoms with Crippen molar-refractivity contribution >= 4 is 11.8 Å². The smallest absolute Gasteiger partial charge is 0.0365 e. The van der Waals surface area contributed by atoms with Gasteiger partial charge in [-0.15, -0.1) is 0 Å². The van der Waals surface area contributed by atoms with E-state index in [1.807, 2.05) is 0 Å². The Bertz CT molecular complexity index is 269. The molecule has 2 fully saturated rings. The summed E-state index contributed by atoms with van der Waals surface area (Å²) in [6, 6.07) is 0.701. The molecule has 0 radical (unpaired) electrons. The maximum atomic E-state index is 6.31. The second-order valence-electron chi connectivity index (χ2n) is 6.52. The van der Waals surface area contributed by atoms with Gasteiger partial charge in [0, 0.05) is 36.2 Å². The van der Waals surface area contributed by atoms with E-state index in [0.29, 0.717) is 11.6 Å². The van der Waals surface area contributed by atoms with E-state index in [1.165, 1.54) is 43.7 Å². The number of rotatable bonds is 3. The third kappa shape index (κ3) is 2.59. The number of hydrogen-bond donors (Lipinski definition) is 1. The van der Waals surface area contributed by atoms with E-state index in [9.17, 15) is 0 Å². The molecular weight excluding hydrogens is 240 g/mol. The zero-order chi connectivity index (χ0) is 13.2. The highest BCUT2D eigenvalue weighted by molar-refractivity contribution is 7.99. The molecule has 0 aromatic heterocycles. The van der Waals surface area contributed by atoms with Crippen molar-refractivity contribution in [2.24, 2.45) is 17.6 Å². The Morgan fingerprint density at radius 2 is 2.17 bits per heavy atom. The highest BCUT2D eigenvalue weighted by Gasteiger charge is 2.47. The topological polar surface area (TPSA) is 29.3 Å². The molecular formula is C15H30N2S. The van der Waals surface area contributed by atoms with Crippen LogP contribution in [-0.2, 0) is 0 Å². The van der Waals surface area contributed by atoms with Crippen LogP contribution in [0.15, 0.2) is 0 Å². The Kier molecular flexibility index (Phi) is 5.01. The fraction of sp³-hybridized carbons (Fsp3) is 1.00. The highest BCUT2D eigenvalue weighted by atomic mass is 32.2. The third-order valence-corrected chi connectivity index (χ3v) is 6.35. The Labute approximate surface area is 117 Å². The second kappa shape index (κ2) is 6.15. The van der Waals surface area contributed by atoms with Crippen molar-refractivity contribution in [1.29, 1.82) is 0 Å². The minimum absolute atomic E-state index is 0.298. The molecule has 0 aromatic carbocycles. The zero-order valence-corrected chi connectivity index (χ0v) is 13.1. The molecule has 3 unspecified atom stereocenters. The van der Waals surface area contributed by atoms with Gasteiger partial charge in [0.25, 0.3) is 0 Å². The summed E-state index contributed by atoms with van der Waals surface area (Å²) in [6.07, 6.45) is 5.48. The zero-order valence-electron chi connectivity index (χ0n) is 12.3. The van der Waals surface area contributed by atoms with Gasteiger partial charge in [0.15, 0.2) is 0 Å². The first-order chi connectivity index (χ1) is 8.62. The molecule has 1 heterocycles. The summed E-state index contributed by atoms with van der Waals surface area (Å²) >= 11 is 2.11. The molecule has 106 valence electrons. The molecule has 1 saturated carbocycles. The normalized spacial score (nSPS) is 39.2. The van der Waals surface area contributed by atoms with Crippen molar-refractivity contribution in [2.45, 2.75) is 58.0 Å². The van der Waals surface area contributed by atoms with Crippen LogP contribution in [-0.4, -0.2) is 41.1 Å². The number of hydrogen-bond acceptors (Lipinski definition) is 3. The van der Waals surface area contributed by atoms with E-state index in [1.54, 1.807) is 0 Å². The molecule has 2 nitrogen and oxygen atoms in total. The SMILES string of the molecule is CC(C)C1CCCCC1(CN)N1CCSCC1C. The average molecular weight is 270 g/mol. The molecule has 2 rings (SSSR count). The third-order valence-electron chi connectivity index (χ3n) is 5.16. The number of thioether (sulfide) groups is 1. The van der Waals surface area contributed by atoms with Crippen molar-refractivity contribution in [2.75, 3.05) is 24.6 Å².